The van der Waals surface area contributed by atoms with Gasteiger partial charge in [0.25, 0.3) is 5.91 Å². The van der Waals surface area contributed by atoms with Crippen molar-refractivity contribution >= 4 is 23.3 Å². The van der Waals surface area contributed by atoms with Crippen molar-refractivity contribution in [3.8, 4) is 0 Å². The highest BCUT2D eigenvalue weighted by Gasteiger charge is 2.16. The van der Waals surface area contributed by atoms with Crippen molar-refractivity contribution in [2.75, 3.05) is 11.9 Å². The van der Waals surface area contributed by atoms with Crippen molar-refractivity contribution in [2.45, 2.75) is 0 Å². The zero-order chi connectivity index (χ0) is 17.7. The van der Waals surface area contributed by atoms with Crippen LogP contribution in [-0.2, 0) is 9.53 Å². The number of amides is 1. The molecule has 0 aliphatic carbocycles. The molecule has 2 rings (SSSR count). The van der Waals surface area contributed by atoms with Crippen molar-refractivity contribution in [1.82, 2.24) is 0 Å². The summed E-state index contributed by atoms with van der Waals surface area (Å²) in [5, 5.41) is 12.8. The van der Waals surface area contributed by atoms with E-state index in [0.717, 1.165) is 30.3 Å². The number of carbonyl (C=O) groups is 2. The summed E-state index contributed by atoms with van der Waals surface area (Å²) in [6, 6.07) is 7.32. The van der Waals surface area contributed by atoms with Crippen LogP contribution in [-0.4, -0.2) is 23.4 Å². The van der Waals surface area contributed by atoms with Crippen LogP contribution in [0.3, 0.4) is 0 Å². The lowest BCUT2D eigenvalue weighted by atomic mass is 10.2. The number of hydrogen-bond donors (Lipinski definition) is 1. The third-order valence-electron chi connectivity index (χ3n) is 2.84. The number of rotatable bonds is 5. The van der Waals surface area contributed by atoms with Gasteiger partial charge in [-0.3, -0.25) is 14.9 Å². The van der Waals surface area contributed by atoms with Crippen LogP contribution in [0.1, 0.15) is 10.4 Å². The molecule has 0 atom stereocenters. The molecule has 124 valence electrons. The van der Waals surface area contributed by atoms with Crippen molar-refractivity contribution < 1.29 is 28.0 Å². The van der Waals surface area contributed by atoms with Gasteiger partial charge in [-0.2, -0.15) is 4.39 Å². The van der Waals surface area contributed by atoms with Crippen LogP contribution < -0.4 is 5.32 Å². The summed E-state index contributed by atoms with van der Waals surface area (Å²) in [5.74, 6) is -3.18. The molecule has 9 heteroatoms. The van der Waals surface area contributed by atoms with Crippen molar-refractivity contribution in [3.63, 3.8) is 0 Å². The molecular weight excluding hydrogens is 326 g/mol. The molecule has 0 saturated carbocycles. The van der Waals surface area contributed by atoms with Gasteiger partial charge in [-0.05, 0) is 36.4 Å². The van der Waals surface area contributed by atoms with Gasteiger partial charge >= 0.3 is 11.7 Å². The monoisotopic (exact) mass is 336 g/mol. The summed E-state index contributed by atoms with van der Waals surface area (Å²) in [6.45, 7) is -0.665. The van der Waals surface area contributed by atoms with E-state index >= 15 is 0 Å². The quantitative estimate of drug-likeness (QED) is 0.514. The highest BCUT2D eigenvalue weighted by molar-refractivity contribution is 5.95. The lowest BCUT2D eigenvalue weighted by molar-refractivity contribution is -0.387. The van der Waals surface area contributed by atoms with Gasteiger partial charge in [0.1, 0.15) is 5.82 Å². The van der Waals surface area contributed by atoms with Crippen LogP contribution in [0, 0.1) is 21.7 Å². The fourth-order valence-corrected chi connectivity index (χ4v) is 1.73. The smallest absolute Gasteiger partial charge is 0.338 e. The van der Waals surface area contributed by atoms with Crippen LogP contribution in [0.2, 0.25) is 0 Å². The third-order valence-corrected chi connectivity index (χ3v) is 2.84. The van der Waals surface area contributed by atoms with Crippen LogP contribution in [0.25, 0.3) is 0 Å². The standard InChI is InChI=1S/C15H10F2N2O5/c16-10-3-1-9(2-4-10)15(21)24-8-14(20)18-11-5-6-12(17)13(7-11)19(22)23/h1-7H,8H2,(H,18,20). The number of esters is 1. The maximum atomic E-state index is 13.2. The number of hydrogen-bond acceptors (Lipinski definition) is 5. The highest BCUT2D eigenvalue weighted by Crippen LogP contribution is 2.21. The number of anilines is 1. The van der Waals surface area contributed by atoms with E-state index < -0.39 is 40.7 Å². The number of nitrogens with one attached hydrogen (secondary N) is 1. The summed E-state index contributed by atoms with van der Waals surface area (Å²) >= 11 is 0. The van der Waals surface area contributed by atoms with Crippen LogP contribution >= 0.6 is 0 Å². The van der Waals surface area contributed by atoms with Crippen LogP contribution in [0.5, 0.6) is 0 Å². The molecule has 0 bridgehead atoms. The van der Waals surface area contributed by atoms with Gasteiger partial charge in [0.05, 0.1) is 10.5 Å². The zero-order valence-corrected chi connectivity index (χ0v) is 12.0. The first kappa shape index (κ1) is 17.0. The Hall–Kier alpha value is -3.36. The van der Waals surface area contributed by atoms with E-state index in [1.807, 2.05) is 0 Å². The Kier molecular flexibility index (Phi) is 5.15. The molecule has 0 spiro atoms. The van der Waals surface area contributed by atoms with Gasteiger partial charge in [0, 0.05) is 11.8 Å². The number of nitro benzene ring substituents is 1. The molecule has 0 fully saturated rings. The summed E-state index contributed by atoms with van der Waals surface area (Å²) in [5.41, 5.74) is -0.761. The Balaban J connectivity index is 1.94. The van der Waals surface area contributed by atoms with E-state index in [0.29, 0.717) is 0 Å². The van der Waals surface area contributed by atoms with Crippen LogP contribution in [0.4, 0.5) is 20.2 Å². The topological polar surface area (TPSA) is 98.5 Å². The first-order valence-electron chi connectivity index (χ1n) is 6.53. The highest BCUT2D eigenvalue weighted by atomic mass is 19.1. The minimum atomic E-state index is -1.04. The van der Waals surface area contributed by atoms with Gasteiger partial charge in [-0.15, -0.1) is 0 Å². The Morgan fingerprint density at radius 1 is 1.12 bits per heavy atom. The van der Waals surface area contributed by atoms with E-state index in [4.69, 9.17) is 4.74 Å². The van der Waals surface area contributed by atoms with Crippen molar-refractivity contribution in [1.29, 1.82) is 0 Å². The van der Waals surface area contributed by atoms with Gasteiger partial charge in [-0.25, -0.2) is 9.18 Å². The SMILES string of the molecule is O=C(COC(=O)c1ccc(F)cc1)Nc1ccc(F)c([N+](=O)[O-])c1. The molecule has 0 saturated heterocycles. The molecule has 0 aliphatic heterocycles. The van der Waals surface area contributed by atoms with Crippen LogP contribution in [0.15, 0.2) is 42.5 Å². The molecule has 2 aromatic carbocycles. The second-order valence-corrected chi connectivity index (χ2v) is 4.55. The minimum absolute atomic E-state index is 0.0223. The molecule has 2 aromatic rings. The average molecular weight is 336 g/mol. The summed E-state index contributed by atoms with van der Waals surface area (Å²) in [4.78, 5) is 33.0. The number of halogens is 2. The van der Waals surface area contributed by atoms with E-state index in [1.54, 1.807) is 0 Å². The first-order chi connectivity index (χ1) is 11.4. The number of nitro groups is 1. The molecule has 0 aliphatic rings. The number of benzene rings is 2. The summed E-state index contributed by atoms with van der Waals surface area (Å²) < 4.78 is 30.6. The molecule has 0 radical (unpaired) electrons. The van der Waals surface area contributed by atoms with E-state index in [9.17, 15) is 28.5 Å². The van der Waals surface area contributed by atoms with Crippen molar-refractivity contribution in [2.24, 2.45) is 0 Å². The Bertz CT molecular complexity index is 793. The molecule has 0 aromatic heterocycles. The molecule has 24 heavy (non-hydrogen) atoms. The first-order valence-corrected chi connectivity index (χ1v) is 6.53. The largest absolute Gasteiger partial charge is 0.452 e. The molecule has 1 amide bonds. The van der Waals surface area contributed by atoms with Gasteiger partial charge < -0.3 is 10.1 Å². The molecule has 1 N–H and O–H groups in total. The van der Waals surface area contributed by atoms with Gasteiger partial charge in [-0.1, -0.05) is 0 Å². The molecular formula is C15H10F2N2O5. The number of carbonyl (C=O) groups excluding carboxylic acids is 2. The van der Waals surface area contributed by atoms with Crippen molar-refractivity contribution in [3.05, 3.63) is 69.8 Å². The Morgan fingerprint density at radius 2 is 1.79 bits per heavy atom. The zero-order valence-electron chi connectivity index (χ0n) is 12.0. The predicted molar refractivity (Wildman–Crippen MR) is 78.4 cm³/mol. The van der Waals surface area contributed by atoms with E-state index in [-0.39, 0.29) is 11.3 Å². The summed E-state index contributed by atoms with van der Waals surface area (Å²) in [7, 11) is 0. The normalized spacial score (nSPS) is 10.1. The number of nitrogens with zero attached hydrogens (tertiary/aromatic N) is 1. The fraction of sp³-hybridized carbons (Fsp3) is 0.0667. The second-order valence-electron chi connectivity index (χ2n) is 4.55. The predicted octanol–water partition coefficient (Wildman–Crippen LogP) is 2.67. The molecule has 0 unspecified atom stereocenters. The maximum absolute atomic E-state index is 13.2. The minimum Gasteiger partial charge on any atom is -0.452 e. The van der Waals surface area contributed by atoms with E-state index in [1.165, 1.54) is 12.1 Å². The summed E-state index contributed by atoms with van der Waals surface area (Å²) in [6.07, 6.45) is 0. The van der Waals surface area contributed by atoms with Gasteiger partial charge in [0.2, 0.25) is 5.82 Å². The van der Waals surface area contributed by atoms with Gasteiger partial charge in [0.15, 0.2) is 6.61 Å². The Morgan fingerprint density at radius 3 is 2.42 bits per heavy atom. The lowest BCUT2D eigenvalue weighted by Crippen LogP contribution is -2.21. The number of ether oxygens (including phenoxy) is 1. The van der Waals surface area contributed by atoms with E-state index in [2.05, 4.69) is 5.32 Å². The fourth-order valence-electron chi connectivity index (χ4n) is 1.73. The second kappa shape index (κ2) is 7.27. The molecule has 0 heterocycles. The third kappa shape index (κ3) is 4.32. The average Bonchev–Trinajstić information content (AvgIpc) is 2.55. The Labute approximate surface area is 134 Å². The maximum Gasteiger partial charge on any atom is 0.338 e. The lowest BCUT2D eigenvalue weighted by Gasteiger charge is -2.07. The molecule has 7 nitrogen and oxygen atoms in total.